The van der Waals surface area contributed by atoms with Crippen molar-refractivity contribution in [2.45, 2.75) is 32.7 Å². The summed E-state index contributed by atoms with van der Waals surface area (Å²) < 4.78 is 22.4. The molecule has 0 aromatic carbocycles. The average molecular weight is 248 g/mol. The summed E-state index contributed by atoms with van der Waals surface area (Å²) in [5, 5.41) is 3.38. The Morgan fingerprint density at radius 1 is 1.19 bits per heavy atom. The van der Waals surface area contributed by atoms with Crippen molar-refractivity contribution in [3.63, 3.8) is 0 Å². The molecule has 1 saturated heterocycles. The van der Waals surface area contributed by atoms with E-state index in [2.05, 4.69) is 24.1 Å². The first kappa shape index (κ1) is 13.9. The number of nitrogens with one attached hydrogen (secondary N) is 1. The molecule has 0 saturated carbocycles. The lowest BCUT2D eigenvalue weighted by Crippen LogP contribution is -2.40. The van der Waals surface area contributed by atoms with Crippen LogP contribution in [0.1, 0.15) is 26.7 Å². The van der Waals surface area contributed by atoms with Crippen molar-refractivity contribution in [3.05, 3.63) is 0 Å². The number of hydrogen-bond donors (Lipinski definition) is 1. The van der Waals surface area contributed by atoms with E-state index in [1.54, 1.807) is 0 Å². The SMILES string of the molecule is CC(C)NCCCCN1CCS(=O)(=O)CC1. The fourth-order valence-electron chi connectivity index (χ4n) is 1.82. The molecular formula is C11H24N2O2S. The van der Waals surface area contributed by atoms with E-state index in [-0.39, 0.29) is 0 Å². The van der Waals surface area contributed by atoms with Crippen LogP contribution in [0.25, 0.3) is 0 Å². The molecule has 0 bridgehead atoms. The third kappa shape index (κ3) is 5.82. The van der Waals surface area contributed by atoms with Gasteiger partial charge in [0, 0.05) is 19.1 Å². The molecule has 5 heteroatoms. The highest BCUT2D eigenvalue weighted by Gasteiger charge is 2.20. The zero-order chi connectivity index (χ0) is 12.0. The summed E-state index contributed by atoms with van der Waals surface area (Å²) in [6, 6.07) is 0.556. The van der Waals surface area contributed by atoms with Gasteiger partial charge in [0.1, 0.15) is 0 Å². The van der Waals surface area contributed by atoms with E-state index in [1.807, 2.05) is 0 Å². The molecule has 0 amide bonds. The molecule has 0 aromatic rings. The summed E-state index contributed by atoms with van der Waals surface area (Å²) in [6.07, 6.45) is 2.32. The van der Waals surface area contributed by atoms with Crippen LogP contribution in [0.2, 0.25) is 0 Å². The highest BCUT2D eigenvalue weighted by atomic mass is 32.2. The Morgan fingerprint density at radius 3 is 2.38 bits per heavy atom. The van der Waals surface area contributed by atoms with Crippen LogP contribution < -0.4 is 5.32 Å². The first-order valence-electron chi connectivity index (χ1n) is 6.16. The van der Waals surface area contributed by atoms with Crippen LogP contribution in [0.3, 0.4) is 0 Å². The number of nitrogens with zero attached hydrogens (tertiary/aromatic N) is 1. The molecule has 0 radical (unpaired) electrons. The number of unbranched alkanes of at least 4 members (excludes halogenated alkanes) is 1. The summed E-state index contributed by atoms with van der Waals surface area (Å²) in [5.41, 5.74) is 0. The summed E-state index contributed by atoms with van der Waals surface area (Å²) in [4.78, 5) is 2.26. The summed E-state index contributed by atoms with van der Waals surface area (Å²) >= 11 is 0. The standard InChI is InChI=1S/C11H24N2O2S/c1-11(2)12-5-3-4-6-13-7-9-16(14,15)10-8-13/h11-12H,3-10H2,1-2H3. The maximum absolute atomic E-state index is 11.2. The molecule has 1 aliphatic heterocycles. The minimum atomic E-state index is -2.72. The predicted molar refractivity (Wildman–Crippen MR) is 67.5 cm³/mol. The maximum atomic E-state index is 11.2. The summed E-state index contributed by atoms with van der Waals surface area (Å²) in [6.45, 7) is 7.84. The molecule has 0 aromatic heterocycles. The molecule has 0 atom stereocenters. The Labute approximate surface area is 99.3 Å². The third-order valence-electron chi connectivity index (χ3n) is 2.89. The lowest BCUT2D eigenvalue weighted by Gasteiger charge is -2.26. The van der Waals surface area contributed by atoms with Gasteiger partial charge in [-0.05, 0) is 25.9 Å². The Kier molecular flexibility index (Phi) is 5.72. The predicted octanol–water partition coefficient (Wildman–Crippen LogP) is 0.495. The monoisotopic (exact) mass is 248 g/mol. The van der Waals surface area contributed by atoms with Crippen LogP contribution in [-0.2, 0) is 9.84 Å². The van der Waals surface area contributed by atoms with Gasteiger partial charge in [-0.25, -0.2) is 8.42 Å². The molecule has 16 heavy (non-hydrogen) atoms. The van der Waals surface area contributed by atoms with Crippen molar-refractivity contribution >= 4 is 9.84 Å². The highest BCUT2D eigenvalue weighted by Crippen LogP contribution is 2.04. The lowest BCUT2D eigenvalue weighted by molar-refractivity contribution is 0.288. The van der Waals surface area contributed by atoms with Gasteiger partial charge in [0.2, 0.25) is 0 Å². The second-order valence-electron chi connectivity index (χ2n) is 4.81. The normalized spacial score (nSPS) is 21.4. The van der Waals surface area contributed by atoms with Crippen molar-refractivity contribution in [3.8, 4) is 0 Å². The van der Waals surface area contributed by atoms with Gasteiger partial charge in [0.25, 0.3) is 0 Å². The quantitative estimate of drug-likeness (QED) is 0.695. The van der Waals surface area contributed by atoms with Crippen LogP contribution in [-0.4, -0.2) is 57.0 Å². The molecule has 1 aliphatic rings. The van der Waals surface area contributed by atoms with Crippen LogP contribution in [0.15, 0.2) is 0 Å². The van der Waals surface area contributed by atoms with E-state index >= 15 is 0 Å². The van der Waals surface area contributed by atoms with Gasteiger partial charge in [-0.2, -0.15) is 0 Å². The second-order valence-corrected chi connectivity index (χ2v) is 7.11. The van der Waals surface area contributed by atoms with Crippen LogP contribution >= 0.6 is 0 Å². The van der Waals surface area contributed by atoms with Gasteiger partial charge < -0.3 is 10.2 Å². The number of rotatable bonds is 6. The van der Waals surface area contributed by atoms with Crippen molar-refractivity contribution in [1.82, 2.24) is 10.2 Å². The molecule has 96 valence electrons. The summed E-state index contributed by atoms with van der Waals surface area (Å²) in [5.74, 6) is 0.689. The molecule has 0 unspecified atom stereocenters. The highest BCUT2D eigenvalue weighted by molar-refractivity contribution is 7.91. The molecule has 1 heterocycles. The average Bonchev–Trinajstić information content (AvgIpc) is 2.19. The Bertz CT molecular complexity index is 274. The first-order chi connectivity index (χ1) is 7.49. The Balaban J connectivity index is 2.02. The fraction of sp³-hybridized carbons (Fsp3) is 1.00. The zero-order valence-corrected chi connectivity index (χ0v) is 11.2. The molecule has 1 rings (SSSR count). The molecule has 4 nitrogen and oxygen atoms in total. The fourth-order valence-corrected chi connectivity index (χ4v) is 3.10. The smallest absolute Gasteiger partial charge is 0.152 e. The van der Waals surface area contributed by atoms with Gasteiger partial charge >= 0.3 is 0 Å². The Morgan fingerprint density at radius 2 is 1.81 bits per heavy atom. The molecule has 0 aliphatic carbocycles. The van der Waals surface area contributed by atoms with E-state index in [1.165, 1.54) is 6.42 Å². The second kappa shape index (κ2) is 6.57. The van der Waals surface area contributed by atoms with Crippen molar-refractivity contribution in [2.75, 3.05) is 37.7 Å². The van der Waals surface area contributed by atoms with Gasteiger partial charge in [-0.3, -0.25) is 0 Å². The van der Waals surface area contributed by atoms with E-state index in [9.17, 15) is 8.42 Å². The van der Waals surface area contributed by atoms with Crippen molar-refractivity contribution in [2.24, 2.45) is 0 Å². The maximum Gasteiger partial charge on any atom is 0.152 e. The van der Waals surface area contributed by atoms with Crippen molar-refractivity contribution < 1.29 is 8.42 Å². The largest absolute Gasteiger partial charge is 0.315 e. The van der Waals surface area contributed by atoms with Gasteiger partial charge in [0.05, 0.1) is 11.5 Å². The van der Waals surface area contributed by atoms with Gasteiger partial charge in [-0.1, -0.05) is 13.8 Å². The van der Waals surface area contributed by atoms with E-state index < -0.39 is 9.84 Å². The summed E-state index contributed by atoms with van der Waals surface area (Å²) in [7, 11) is -2.72. The lowest BCUT2D eigenvalue weighted by atomic mass is 10.2. The molecule has 1 N–H and O–H groups in total. The van der Waals surface area contributed by atoms with Gasteiger partial charge in [0.15, 0.2) is 9.84 Å². The topological polar surface area (TPSA) is 49.4 Å². The minimum absolute atomic E-state index is 0.344. The van der Waals surface area contributed by atoms with E-state index in [0.29, 0.717) is 17.5 Å². The van der Waals surface area contributed by atoms with Gasteiger partial charge in [-0.15, -0.1) is 0 Å². The number of hydrogen-bond acceptors (Lipinski definition) is 4. The zero-order valence-electron chi connectivity index (χ0n) is 10.4. The Hall–Kier alpha value is -0.130. The molecule has 0 spiro atoms. The minimum Gasteiger partial charge on any atom is -0.315 e. The van der Waals surface area contributed by atoms with E-state index in [4.69, 9.17) is 0 Å². The number of sulfone groups is 1. The van der Waals surface area contributed by atoms with Crippen molar-refractivity contribution in [1.29, 1.82) is 0 Å². The third-order valence-corrected chi connectivity index (χ3v) is 4.50. The molecule has 1 fully saturated rings. The van der Waals surface area contributed by atoms with E-state index in [0.717, 1.165) is 32.6 Å². The molecular weight excluding hydrogens is 224 g/mol. The van der Waals surface area contributed by atoms with Crippen LogP contribution in [0.5, 0.6) is 0 Å². The first-order valence-corrected chi connectivity index (χ1v) is 7.98. The van der Waals surface area contributed by atoms with Crippen LogP contribution in [0.4, 0.5) is 0 Å². The van der Waals surface area contributed by atoms with Crippen LogP contribution in [0, 0.1) is 0 Å².